The van der Waals surface area contributed by atoms with Gasteiger partial charge in [0.1, 0.15) is 5.82 Å². The molecule has 0 radical (unpaired) electrons. The Kier molecular flexibility index (Phi) is 5.77. The number of Topliss-reactive ketones (excluding diaryl/α,β-unsaturated/α-hetero) is 1. The van der Waals surface area contributed by atoms with Gasteiger partial charge in [-0.05, 0) is 67.4 Å². The number of rotatable bonds is 7. The van der Waals surface area contributed by atoms with Crippen LogP contribution in [0.25, 0.3) is 5.69 Å². The molecule has 1 aromatic carbocycles. The molecular weight excluding hydrogens is 393 g/mol. The standard InChI is InChI=1S/C20H22FN5O2S/c1-13-10-18(14(2)25(13)11-17-4-3-9-28-17)19(27)12-29-20-22-23-24-26(20)16-7-5-15(21)6-8-16/h5-8,10,17H,3-4,9,11-12H2,1-2H3. The predicted molar refractivity (Wildman–Crippen MR) is 107 cm³/mol. The minimum atomic E-state index is -0.329. The average molecular weight is 415 g/mol. The van der Waals surface area contributed by atoms with Crippen LogP contribution >= 0.6 is 11.8 Å². The van der Waals surface area contributed by atoms with Crippen molar-refractivity contribution in [3.63, 3.8) is 0 Å². The van der Waals surface area contributed by atoms with E-state index >= 15 is 0 Å². The fraction of sp³-hybridized carbons (Fsp3) is 0.400. The first-order valence-electron chi connectivity index (χ1n) is 9.51. The maximum atomic E-state index is 13.2. The van der Waals surface area contributed by atoms with Crippen LogP contribution in [0.15, 0.2) is 35.5 Å². The molecule has 9 heteroatoms. The third kappa shape index (κ3) is 4.25. The van der Waals surface area contributed by atoms with Crippen LogP contribution in [-0.4, -0.2) is 49.0 Å². The summed E-state index contributed by atoms with van der Waals surface area (Å²) in [5, 5.41) is 12.1. The van der Waals surface area contributed by atoms with Gasteiger partial charge >= 0.3 is 0 Å². The summed E-state index contributed by atoms with van der Waals surface area (Å²) in [6.45, 7) is 5.58. The lowest BCUT2D eigenvalue weighted by Gasteiger charge is -2.14. The number of hydrogen-bond acceptors (Lipinski definition) is 6. The number of carbonyl (C=O) groups excluding carboxylic acids is 1. The van der Waals surface area contributed by atoms with E-state index in [9.17, 15) is 9.18 Å². The van der Waals surface area contributed by atoms with Crippen molar-refractivity contribution in [2.75, 3.05) is 12.4 Å². The van der Waals surface area contributed by atoms with Crippen LogP contribution in [0.5, 0.6) is 0 Å². The van der Waals surface area contributed by atoms with Gasteiger partial charge in [0, 0.05) is 30.1 Å². The van der Waals surface area contributed by atoms with Crippen molar-refractivity contribution >= 4 is 17.5 Å². The number of aryl methyl sites for hydroxylation is 1. The van der Waals surface area contributed by atoms with E-state index in [1.807, 2.05) is 19.9 Å². The summed E-state index contributed by atoms with van der Waals surface area (Å²) in [5.41, 5.74) is 3.37. The highest BCUT2D eigenvalue weighted by Gasteiger charge is 2.21. The molecule has 0 bridgehead atoms. The second-order valence-corrected chi connectivity index (χ2v) is 8.03. The molecule has 1 fully saturated rings. The summed E-state index contributed by atoms with van der Waals surface area (Å²) < 4.78 is 22.5. The Morgan fingerprint density at radius 3 is 2.83 bits per heavy atom. The van der Waals surface area contributed by atoms with Gasteiger partial charge in [-0.1, -0.05) is 11.8 Å². The second-order valence-electron chi connectivity index (χ2n) is 7.09. The molecular formula is C20H22FN5O2S. The Bertz CT molecular complexity index is 1010. The molecule has 4 rings (SSSR count). The normalized spacial score (nSPS) is 16.4. The van der Waals surface area contributed by atoms with Crippen LogP contribution < -0.4 is 0 Å². The first-order chi connectivity index (χ1) is 14.0. The Labute approximate surface area is 172 Å². The van der Waals surface area contributed by atoms with E-state index in [2.05, 4.69) is 20.1 Å². The van der Waals surface area contributed by atoms with Gasteiger partial charge in [0.05, 0.1) is 17.5 Å². The van der Waals surface area contributed by atoms with E-state index < -0.39 is 0 Å². The smallest absolute Gasteiger partial charge is 0.214 e. The van der Waals surface area contributed by atoms with Crippen molar-refractivity contribution in [1.29, 1.82) is 0 Å². The maximum Gasteiger partial charge on any atom is 0.214 e. The maximum absolute atomic E-state index is 13.2. The number of aromatic nitrogens is 5. The van der Waals surface area contributed by atoms with Crippen molar-refractivity contribution in [2.24, 2.45) is 0 Å². The second kappa shape index (κ2) is 8.46. The highest BCUT2D eigenvalue weighted by atomic mass is 32.2. The minimum Gasteiger partial charge on any atom is -0.376 e. The van der Waals surface area contributed by atoms with Crippen molar-refractivity contribution in [3.8, 4) is 5.69 Å². The summed E-state index contributed by atoms with van der Waals surface area (Å²) >= 11 is 1.26. The number of ketones is 1. The zero-order chi connectivity index (χ0) is 20.4. The van der Waals surface area contributed by atoms with E-state index in [4.69, 9.17) is 4.74 Å². The molecule has 1 unspecified atom stereocenters. The van der Waals surface area contributed by atoms with Crippen LogP contribution in [0.4, 0.5) is 4.39 Å². The number of tetrazole rings is 1. The van der Waals surface area contributed by atoms with Crippen molar-refractivity contribution < 1.29 is 13.9 Å². The van der Waals surface area contributed by atoms with Crippen molar-refractivity contribution in [2.45, 2.75) is 44.5 Å². The summed E-state index contributed by atoms with van der Waals surface area (Å²) in [4.78, 5) is 12.9. The quantitative estimate of drug-likeness (QED) is 0.435. The molecule has 1 aliphatic rings. The summed E-state index contributed by atoms with van der Waals surface area (Å²) in [6, 6.07) is 7.82. The van der Waals surface area contributed by atoms with Gasteiger partial charge < -0.3 is 9.30 Å². The van der Waals surface area contributed by atoms with Crippen molar-refractivity contribution in [3.05, 3.63) is 53.1 Å². The number of benzene rings is 1. The van der Waals surface area contributed by atoms with Crippen LogP contribution in [-0.2, 0) is 11.3 Å². The van der Waals surface area contributed by atoms with Crippen LogP contribution in [0.1, 0.15) is 34.6 Å². The molecule has 7 nitrogen and oxygen atoms in total. The number of hydrogen-bond donors (Lipinski definition) is 0. The van der Waals surface area contributed by atoms with Gasteiger partial charge in [-0.2, -0.15) is 4.68 Å². The molecule has 0 N–H and O–H groups in total. The number of halogens is 1. The van der Waals surface area contributed by atoms with Gasteiger partial charge in [0.25, 0.3) is 0 Å². The molecule has 2 aromatic heterocycles. The average Bonchev–Trinajstić information content (AvgIpc) is 3.45. The first-order valence-corrected chi connectivity index (χ1v) is 10.5. The molecule has 0 aliphatic carbocycles. The molecule has 3 heterocycles. The molecule has 1 aliphatic heterocycles. The molecule has 29 heavy (non-hydrogen) atoms. The highest BCUT2D eigenvalue weighted by molar-refractivity contribution is 7.99. The molecule has 0 spiro atoms. The predicted octanol–water partition coefficient (Wildman–Crippen LogP) is 3.37. The molecule has 0 saturated carbocycles. The Hall–Kier alpha value is -2.52. The Morgan fingerprint density at radius 2 is 2.10 bits per heavy atom. The Morgan fingerprint density at radius 1 is 1.31 bits per heavy atom. The SMILES string of the molecule is Cc1cc(C(=O)CSc2nnnn2-c2ccc(F)cc2)c(C)n1CC1CCCO1. The van der Waals surface area contributed by atoms with Crippen LogP contribution in [0.3, 0.4) is 0 Å². The molecule has 3 aromatic rings. The highest BCUT2D eigenvalue weighted by Crippen LogP contribution is 2.24. The summed E-state index contributed by atoms with van der Waals surface area (Å²) in [7, 11) is 0. The minimum absolute atomic E-state index is 0.0235. The van der Waals surface area contributed by atoms with Gasteiger partial charge in [-0.25, -0.2) is 4.39 Å². The number of ether oxygens (including phenoxy) is 1. The zero-order valence-corrected chi connectivity index (χ0v) is 17.2. The molecule has 1 saturated heterocycles. The first kappa shape index (κ1) is 19.8. The lowest BCUT2D eigenvalue weighted by molar-refractivity contribution is 0.0957. The number of thioether (sulfide) groups is 1. The number of nitrogens with zero attached hydrogens (tertiary/aromatic N) is 5. The fourth-order valence-electron chi connectivity index (χ4n) is 3.58. The third-order valence-electron chi connectivity index (χ3n) is 5.13. The lowest BCUT2D eigenvalue weighted by Crippen LogP contribution is -2.17. The van der Waals surface area contributed by atoms with E-state index in [0.717, 1.165) is 37.4 Å². The summed E-state index contributed by atoms with van der Waals surface area (Å²) in [5.74, 6) is -0.0916. The van der Waals surface area contributed by atoms with Crippen LogP contribution in [0.2, 0.25) is 0 Å². The lowest BCUT2D eigenvalue weighted by atomic mass is 10.2. The largest absolute Gasteiger partial charge is 0.376 e. The fourth-order valence-corrected chi connectivity index (χ4v) is 4.35. The van der Waals surface area contributed by atoms with Crippen molar-refractivity contribution in [1.82, 2.24) is 24.8 Å². The van der Waals surface area contributed by atoms with Gasteiger partial charge in [-0.3, -0.25) is 4.79 Å². The van der Waals surface area contributed by atoms with E-state index in [0.29, 0.717) is 16.4 Å². The number of carbonyl (C=O) groups is 1. The van der Waals surface area contributed by atoms with E-state index in [-0.39, 0.29) is 23.5 Å². The van der Waals surface area contributed by atoms with Gasteiger partial charge in [0.2, 0.25) is 5.16 Å². The molecule has 152 valence electrons. The van der Waals surface area contributed by atoms with E-state index in [1.54, 1.807) is 12.1 Å². The molecule has 0 amide bonds. The monoisotopic (exact) mass is 415 g/mol. The van der Waals surface area contributed by atoms with Gasteiger partial charge in [0.15, 0.2) is 5.78 Å². The topological polar surface area (TPSA) is 74.8 Å². The zero-order valence-electron chi connectivity index (χ0n) is 16.3. The van der Waals surface area contributed by atoms with Gasteiger partial charge in [-0.15, -0.1) is 5.10 Å². The third-order valence-corrected chi connectivity index (χ3v) is 6.05. The van der Waals surface area contributed by atoms with Crippen LogP contribution in [0, 0.1) is 19.7 Å². The Balaban J connectivity index is 1.46. The molecule has 1 atom stereocenters. The van der Waals surface area contributed by atoms with E-state index in [1.165, 1.54) is 28.6 Å². The summed E-state index contributed by atoms with van der Waals surface area (Å²) in [6.07, 6.45) is 2.37.